The fraction of sp³-hybridized carbons (Fsp3) is 0.250. The van der Waals surface area contributed by atoms with Crippen molar-refractivity contribution in [3.63, 3.8) is 0 Å². The molecule has 46 heavy (non-hydrogen) atoms. The quantitative estimate of drug-likeness (QED) is 0.0782. The number of benzene rings is 4. The molecule has 0 radical (unpaired) electrons. The number of phenolic OH excluding ortho intramolecular Hbond substituents is 2. The summed E-state index contributed by atoms with van der Waals surface area (Å²) < 4.78 is 10.00. The van der Waals surface area contributed by atoms with Gasteiger partial charge in [0.05, 0.1) is 20.6 Å². The number of hydrogen-bond acceptors (Lipinski definition) is 6. The van der Waals surface area contributed by atoms with E-state index in [0.29, 0.717) is 28.5 Å². The lowest BCUT2D eigenvalue weighted by Gasteiger charge is -2.18. The van der Waals surface area contributed by atoms with Crippen molar-refractivity contribution in [3.8, 4) is 23.0 Å². The van der Waals surface area contributed by atoms with E-state index in [2.05, 4.69) is 67.6 Å². The predicted octanol–water partition coefficient (Wildman–Crippen LogP) is 9.16. The van der Waals surface area contributed by atoms with Crippen molar-refractivity contribution in [1.29, 1.82) is 0 Å². The second kappa shape index (κ2) is 19.3. The van der Waals surface area contributed by atoms with Gasteiger partial charge in [-0.05, 0) is 65.1 Å². The average Bonchev–Trinajstić information content (AvgIpc) is 3.08. The maximum absolute atomic E-state index is 11.9. The van der Waals surface area contributed by atoms with Crippen LogP contribution in [0.2, 0.25) is 0 Å². The second-order valence-corrected chi connectivity index (χ2v) is 10.9. The van der Waals surface area contributed by atoms with E-state index >= 15 is 0 Å². The molecule has 4 aromatic carbocycles. The number of carbonyl (C=O) groups is 2. The van der Waals surface area contributed by atoms with Crippen LogP contribution in [0.1, 0.15) is 73.6 Å². The summed E-state index contributed by atoms with van der Waals surface area (Å²) in [5, 5.41) is 19.1. The number of rotatable bonds is 15. The van der Waals surface area contributed by atoms with Crippen LogP contribution in [0.5, 0.6) is 23.0 Å². The highest BCUT2D eigenvalue weighted by Crippen LogP contribution is 2.30. The van der Waals surface area contributed by atoms with E-state index in [9.17, 15) is 19.8 Å². The Balaban J connectivity index is 0.000000266. The van der Waals surface area contributed by atoms with Crippen molar-refractivity contribution in [1.82, 2.24) is 0 Å². The Hall–Kier alpha value is -5.10. The molecule has 0 aliphatic carbocycles. The fourth-order valence-electron chi connectivity index (χ4n) is 4.94. The summed E-state index contributed by atoms with van der Waals surface area (Å²) in [5.41, 5.74) is 4.23. The van der Waals surface area contributed by atoms with Crippen molar-refractivity contribution >= 4 is 23.7 Å². The number of carbonyl (C=O) groups excluding carboxylic acids is 2. The Kier molecular flexibility index (Phi) is 14.9. The lowest BCUT2D eigenvalue weighted by atomic mass is 9.87. The van der Waals surface area contributed by atoms with Gasteiger partial charge in [0.1, 0.15) is 0 Å². The van der Waals surface area contributed by atoms with E-state index in [0.717, 1.165) is 0 Å². The third-order valence-electron chi connectivity index (χ3n) is 7.43. The first-order chi connectivity index (χ1) is 22.3. The van der Waals surface area contributed by atoms with Gasteiger partial charge in [-0.2, -0.15) is 0 Å². The van der Waals surface area contributed by atoms with E-state index in [4.69, 9.17) is 9.47 Å². The van der Waals surface area contributed by atoms with Gasteiger partial charge in [-0.1, -0.05) is 118 Å². The Morgan fingerprint density at radius 3 is 1.52 bits per heavy atom. The molecule has 0 bridgehead atoms. The molecule has 0 spiro atoms. The molecule has 4 aromatic rings. The van der Waals surface area contributed by atoms with Crippen LogP contribution in [0.25, 0.3) is 12.2 Å². The molecule has 0 aliphatic rings. The zero-order valence-corrected chi connectivity index (χ0v) is 26.9. The first-order valence-electron chi connectivity index (χ1n) is 15.6. The molecule has 0 amide bonds. The maximum Gasteiger partial charge on any atom is 0.163 e. The van der Waals surface area contributed by atoms with Gasteiger partial charge in [0.15, 0.2) is 34.6 Å². The SMILES string of the molecule is CCCCCCC(c1ccccc1)c1ccccc1.COc1cc(/C=C/C(=O)CC(=O)/C=C/c2ccc(O)c(OC)c2)ccc1O. The van der Waals surface area contributed by atoms with Crippen LogP contribution in [-0.4, -0.2) is 36.0 Å². The van der Waals surface area contributed by atoms with Gasteiger partial charge in [-0.15, -0.1) is 0 Å². The van der Waals surface area contributed by atoms with Crippen LogP contribution in [0.3, 0.4) is 0 Å². The van der Waals surface area contributed by atoms with Crippen molar-refractivity contribution in [3.05, 3.63) is 131 Å². The van der Waals surface area contributed by atoms with E-state index < -0.39 is 0 Å². The minimum absolute atomic E-state index is 0.00662. The second-order valence-electron chi connectivity index (χ2n) is 10.9. The zero-order valence-electron chi connectivity index (χ0n) is 26.9. The molecular formula is C40H44O6. The number of allylic oxidation sites excluding steroid dienone is 2. The Labute approximate surface area is 272 Å². The molecule has 2 N–H and O–H groups in total. The Bertz CT molecular complexity index is 1460. The first-order valence-corrected chi connectivity index (χ1v) is 15.6. The fourth-order valence-corrected chi connectivity index (χ4v) is 4.94. The molecule has 0 saturated heterocycles. The first kappa shape index (κ1) is 35.4. The summed E-state index contributed by atoms with van der Waals surface area (Å²) in [5.74, 6) is 0.472. The number of hydrogen-bond donors (Lipinski definition) is 2. The molecule has 0 saturated carbocycles. The van der Waals surface area contributed by atoms with E-state index in [1.807, 2.05) is 0 Å². The summed E-state index contributed by atoms with van der Waals surface area (Å²) in [6, 6.07) is 31.2. The molecule has 0 fully saturated rings. The number of ether oxygens (including phenoxy) is 2. The number of phenols is 2. The standard InChI is InChI=1S/C21H20O6.C19H24/c1-26-20-11-14(5-9-18(20)24)3-7-16(22)13-17(23)8-4-15-6-10-19(25)21(12-15)27-2;1-2-3-4-11-16-19(17-12-7-5-8-13-17)18-14-9-6-10-15-18/h3-12,24-25H,13H2,1-2H3;5-10,12-15,19H,2-4,11,16H2,1H3/b7-3+,8-4+;. The Morgan fingerprint density at radius 1 is 0.652 bits per heavy atom. The number of ketones is 2. The third kappa shape index (κ3) is 11.8. The van der Waals surface area contributed by atoms with Gasteiger partial charge in [0.2, 0.25) is 0 Å². The minimum Gasteiger partial charge on any atom is -0.504 e. The Morgan fingerprint density at radius 2 is 1.11 bits per heavy atom. The van der Waals surface area contributed by atoms with Crippen LogP contribution in [0, 0.1) is 0 Å². The van der Waals surface area contributed by atoms with E-state index in [-0.39, 0.29) is 29.5 Å². The molecule has 0 aliphatic heterocycles. The minimum atomic E-state index is -0.347. The van der Waals surface area contributed by atoms with Crippen LogP contribution in [0.15, 0.2) is 109 Å². The number of unbranched alkanes of at least 4 members (excludes halogenated alkanes) is 3. The van der Waals surface area contributed by atoms with Crippen molar-refractivity contribution < 1.29 is 29.3 Å². The van der Waals surface area contributed by atoms with Crippen LogP contribution in [0.4, 0.5) is 0 Å². The van der Waals surface area contributed by atoms with Crippen LogP contribution < -0.4 is 9.47 Å². The van der Waals surface area contributed by atoms with E-state index in [1.54, 1.807) is 36.4 Å². The molecule has 240 valence electrons. The zero-order chi connectivity index (χ0) is 33.1. The van der Waals surface area contributed by atoms with E-state index in [1.165, 1.54) is 81.7 Å². The number of aromatic hydroxyl groups is 2. The lowest BCUT2D eigenvalue weighted by molar-refractivity contribution is -0.121. The number of methoxy groups -OCH3 is 2. The topological polar surface area (TPSA) is 93.1 Å². The average molecular weight is 621 g/mol. The van der Waals surface area contributed by atoms with Gasteiger partial charge < -0.3 is 19.7 Å². The van der Waals surface area contributed by atoms with Gasteiger partial charge >= 0.3 is 0 Å². The van der Waals surface area contributed by atoms with Gasteiger partial charge in [0.25, 0.3) is 0 Å². The van der Waals surface area contributed by atoms with Crippen LogP contribution in [-0.2, 0) is 9.59 Å². The van der Waals surface area contributed by atoms with Crippen LogP contribution >= 0.6 is 0 Å². The summed E-state index contributed by atoms with van der Waals surface area (Å²) >= 11 is 0. The molecule has 6 nitrogen and oxygen atoms in total. The molecule has 0 atom stereocenters. The smallest absolute Gasteiger partial charge is 0.163 e. The summed E-state index contributed by atoms with van der Waals surface area (Å²) in [4.78, 5) is 23.9. The highest BCUT2D eigenvalue weighted by atomic mass is 16.5. The van der Waals surface area contributed by atoms with Crippen molar-refractivity contribution in [2.75, 3.05) is 14.2 Å². The van der Waals surface area contributed by atoms with Gasteiger partial charge in [-0.25, -0.2) is 0 Å². The molecule has 0 unspecified atom stereocenters. The molecule has 6 heteroatoms. The third-order valence-corrected chi connectivity index (χ3v) is 7.43. The maximum atomic E-state index is 11.9. The summed E-state index contributed by atoms with van der Waals surface area (Å²) in [6.45, 7) is 2.27. The lowest BCUT2D eigenvalue weighted by Crippen LogP contribution is -2.01. The summed E-state index contributed by atoms with van der Waals surface area (Å²) in [7, 11) is 2.87. The predicted molar refractivity (Wildman–Crippen MR) is 186 cm³/mol. The normalized spacial score (nSPS) is 11.0. The highest BCUT2D eigenvalue weighted by Gasteiger charge is 2.13. The van der Waals surface area contributed by atoms with Gasteiger partial charge in [0, 0.05) is 5.92 Å². The van der Waals surface area contributed by atoms with Crippen molar-refractivity contribution in [2.24, 2.45) is 0 Å². The summed E-state index contributed by atoms with van der Waals surface area (Å²) in [6.07, 6.45) is 12.0. The van der Waals surface area contributed by atoms with Crippen molar-refractivity contribution in [2.45, 2.75) is 51.4 Å². The molecule has 0 heterocycles. The largest absolute Gasteiger partial charge is 0.504 e. The molecule has 0 aromatic heterocycles. The molecular weight excluding hydrogens is 576 g/mol. The van der Waals surface area contributed by atoms with Gasteiger partial charge in [-0.3, -0.25) is 9.59 Å². The monoisotopic (exact) mass is 620 g/mol. The molecule has 4 rings (SSSR count). The highest BCUT2D eigenvalue weighted by molar-refractivity contribution is 6.10.